The fourth-order valence-corrected chi connectivity index (χ4v) is 6.04. The van der Waals surface area contributed by atoms with Gasteiger partial charge in [-0.3, -0.25) is 0 Å². The van der Waals surface area contributed by atoms with E-state index in [0.717, 1.165) is 25.8 Å². The van der Waals surface area contributed by atoms with E-state index >= 15 is 0 Å². The number of carbonyl (C=O) groups excluding carboxylic acids is 1. The van der Waals surface area contributed by atoms with E-state index in [-0.39, 0.29) is 12.1 Å². The Kier molecular flexibility index (Phi) is 3.49. The summed E-state index contributed by atoms with van der Waals surface area (Å²) in [6.45, 7) is 9.82. The van der Waals surface area contributed by atoms with Gasteiger partial charge in [0.15, 0.2) is 0 Å². The number of hydrogen-bond acceptors (Lipinski definition) is 3. The second-order valence-corrected chi connectivity index (χ2v) is 12.1. The van der Waals surface area contributed by atoms with E-state index in [1.165, 1.54) is 0 Å². The number of amides is 1. The summed E-state index contributed by atoms with van der Waals surface area (Å²) < 4.78 is 5.09. The third kappa shape index (κ3) is 2.30. The lowest BCUT2D eigenvalue weighted by Gasteiger charge is -2.31. The number of likely N-dealkylation sites (tertiary alicyclic amines) is 1. The molecule has 2 fully saturated rings. The molecule has 1 N–H and O–H groups in total. The Labute approximate surface area is 110 Å². The Morgan fingerprint density at radius 3 is 2.67 bits per heavy atom. The maximum absolute atomic E-state index is 11.9. The molecule has 0 aromatic heterocycles. The Hall–Kier alpha value is -0.553. The van der Waals surface area contributed by atoms with Crippen LogP contribution in [0.2, 0.25) is 25.2 Å². The first kappa shape index (κ1) is 13.9. The summed E-state index contributed by atoms with van der Waals surface area (Å²) in [4.78, 5) is 13.6. The van der Waals surface area contributed by atoms with Crippen LogP contribution in [0.25, 0.3) is 0 Å². The van der Waals surface area contributed by atoms with Gasteiger partial charge in [0, 0.05) is 6.54 Å². The van der Waals surface area contributed by atoms with Gasteiger partial charge in [-0.2, -0.15) is 0 Å². The molecular weight excluding hydrogens is 246 g/mol. The zero-order valence-corrected chi connectivity index (χ0v) is 12.9. The highest BCUT2D eigenvalue weighted by atomic mass is 28.3. The molecule has 0 radical (unpaired) electrons. The Bertz CT molecular complexity index is 342. The molecule has 1 amide bonds. The van der Waals surface area contributed by atoms with Gasteiger partial charge in [0.1, 0.15) is 0 Å². The van der Waals surface area contributed by atoms with Crippen molar-refractivity contribution in [3.8, 4) is 0 Å². The first-order chi connectivity index (χ1) is 8.30. The fourth-order valence-electron chi connectivity index (χ4n) is 3.40. The first-order valence-electron chi connectivity index (χ1n) is 6.96. The van der Waals surface area contributed by atoms with Gasteiger partial charge in [-0.05, 0) is 31.7 Å². The average molecular weight is 271 g/mol. The number of carbonyl (C=O) groups is 1. The topological polar surface area (TPSA) is 49.8 Å². The molecule has 1 aliphatic heterocycles. The highest BCUT2D eigenvalue weighted by Crippen LogP contribution is 2.59. The molecule has 2 rings (SSSR count). The highest BCUT2D eigenvalue weighted by molar-refractivity contribution is 6.78. The minimum atomic E-state index is -1.34. The van der Waals surface area contributed by atoms with Gasteiger partial charge in [-0.15, -0.1) is 0 Å². The summed E-state index contributed by atoms with van der Waals surface area (Å²) in [5.74, 6) is 0. The van der Waals surface area contributed by atoms with Gasteiger partial charge in [-0.25, -0.2) is 4.79 Å². The molecule has 18 heavy (non-hydrogen) atoms. The predicted octanol–water partition coefficient (Wildman–Crippen LogP) is 2.45. The first-order valence-corrected chi connectivity index (χ1v) is 10.5. The molecule has 3 unspecified atom stereocenters. The van der Waals surface area contributed by atoms with Crippen molar-refractivity contribution in [3.05, 3.63) is 0 Å². The molecule has 4 nitrogen and oxygen atoms in total. The minimum absolute atomic E-state index is 0.0201. The molecule has 1 saturated heterocycles. The highest BCUT2D eigenvalue weighted by Gasteiger charge is 2.65. The van der Waals surface area contributed by atoms with E-state index in [0.29, 0.717) is 12.1 Å². The van der Waals surface area contributed by atoms with Crippen LogP contribution in [0.15, 0.2) is 0 Å². The Balaban J connectivity index is 2.07. The van der Waals surface area contributed by atoms with Gasteiger partial charge >= 0.3 is 6.09 Å². The number of hydrogen-bond donors (Lipinski definition) is 1. The Morgan fingerprint density at radius 2 is 2.17 bits per heavy atom. The molecule has 2 aliphatic rings. The van der Waals surface area contributed by atoms with Crippen molar-refractivity contribution in [1.82, 2.24) is 4.90 Å². The summed E-state index contributed by atoms with van der Waals surface area (Å²) >= 11 is 0. The summed E-state index contributed by atoms with van der Waals surface area (Å²) in [6, 6.07) is -0.0201. The van der Waals surface area contributed by atoms with Crippen LogP contribution in [-0.4, -0.2) is 49.0 Å². The van der Waals surface area contributed by atoms with E-state index in [1.54, 1.807) is 4.90 Å². The van der Waals surface area contributed by atoms with Crippen LogP contribution in [0.5, 0.6) is 0 Å². The summed E-state index contributed by atoms with van der Waals surface area (Å²) in [7, 11) is -1.34. The van der Waals surface area contributed by atoms with Gasteiger partial charge < -0.3 is 14.7 Å². The van der Waals surface area contributed by atoms with Crippen LogP contribution in [0.1, 0.15) is 26.2 Å². The summed E-state index contributed by atoms with van der Waals surface area (Å²) in [5.41, 5.74) is -0.210. The maximum atomic E-state index is 11.9. The van der Waals surface area contributed by atoms with Crippen molar-refractivity contribution in [2.75, 3.05) is 13.2 Å². The van der Waals surface area contributed by atoms with Crippen LogP contribution in [-0.2, 0) is 4.74 Å². The molecule has 0 spiro atoms. The average Bonchev–Trinajstić information content (AvgIpc) is 2.77. The zero-order chi connectivity index (χ0) is 13.6. The molecule has 1 heterocycles. The lowest BCUT2D eigenvalue weighted by Crippen LogP contribution is -2.46. The molecule has 1 saturated carbocycles. The van der Waals surface area contributed by atoms with Crippen molar-refractivity contribution in [1.29, 1.82) is 0 Å². The van der Waals surface area contributed by atoms with Gasteiger partial charge in [-0.1, -0.05) is 19.6 Å². The lowest BCUT2D eigenvalue weighted by molar-refractivity contribution is 0.0387. The van der Waals surface area contributed by atoms with Crippen molar-refractivity contribution in [2.45, 2.75) is 63.0 Å². The van der Waals surface area contributed by atoms with E-state index in [2.05, 4.69) is 19.6 Å². The fraction of sp³-hybridized carbons (Fsp3) is 0.923. The van der Waals surface area contributed by atoms with Gasteiger partial charge in [0.25, 0.3) is 0 Å². The van der Waals surface area contributed by atoms with E-state index in [4.69, 9.17) is 4.74 Å². The molecule has 0 bridgehead atoms. The smallest absolute Gasteiger partial charge is 0.410 e. The zero-order valence-electron chi connectivity index (χ0n) is 11.9. The molecular formula is C13H25NO3Si. The number of rotatable bonds is 3. The normalized spacial score (nSPS) is 35.7. The van der Waals surface area contributed by atoms with Crippen molar-refractivity contribution < 1.29 is 14.6 Å². The second kappa shape index (κ2) is 4.53. The van der Waals surface area contributed by atoms with Crippen LogP contribution in [0.3, 0.4) is 0 Å². The number of aliphatic hydroxyl groups is 1. The standard InChI is InChI=1S/C13H25NO3Si/c1-5-17-12(15)14-8-6-7-10(14)13(16)9-11(13)18(2,3)4/h10-11,16H,5-9H2,1-4H3. The number of ether oxygens (including phenoxy) is 1. The quantitative estimate of drug-likeness (QED) is 0.802. The largest absolute Gasteiger partial charge is 0.450 e. The van der Waals surface area contributed by atoms with Crippen molar-refractivity contribution in [3.63, 3.8) is 0 Å². The summed E-state index contributed by atoms with van der Waals surface area (Å²) in [5, 5.41) is 10.8. The molecule has 0 aromatic rings. The molecule has 5 heteroatoms. The van der Waals surface area contributed by atoms with Crippen molar-refractivity contribution >= 4 is 14.2 Å². The van der Waals surface area contributed by atoms with Crippen molar-refractivity contribution in [2.24, 2.45) is 0 Å². The van der Waals surface area contributed by atoms with E-state index in [1.807, 2.05) is 6.92 Å². The third-order valence-electron chi connectivity index (χ3n) is 4.35. The third-order valence-corrected chi connectivity index (χ3v) is 7.15. The van der Waals surface area contributed by atoms with Crippen LogP contribution >= 0.6 is 0 Å². The number of nitrogens with zero attached hydrogens (tertiary/aromatic N) is 1. The SMILES string of the molecule is CCOC(=O)N1CCCC1C1(O)CC1[Si](C)(C)C. The van der Waals surface area contributed by atoms with Crippen LogP contribution in [0.4, 0.5) is 4.79 Å². The van der Waals surface area contributed by atoms with E-state index < -0.39 is 13.7 Å². The summed E-state index contributed by atoms with van der Waals surface area (Å²) in [6.07, 6.45) is 2.50. The minimum Gasteiger partial charge on any atom is -0.450 e. The molecule has 0 aromatic carbocycles. The van der Waals surface area contributed by atoms with Crippen LogP contribution in [0, 0.1) is 0 Å². The molecule has 3 atom stereocenters. The Morgan fingerprint density at radius 1 is 1.50 bits per heavy atom. The van der Waals surface area contributed by atoms with Gasteiger partial charge in [0.05, 0.1) is 26.3 Å². The maximum Gasteiger partial charge on any atom is 0.410 e. The molecule has 104 valence electrons. The molecule has 1 aliphatic carbocycles. The second-order valence-electron chi connectivity index (χ2n) is 6.66. The van der Waals surface area contributed by atoms with E-state index in [9.17, 15) is 9.90 Å². The van der Waals surface area contributed by atoms with Gasteiger partial charge in [0.2, 0.25) is 0 Å². The van der Waals surface area contributed by atoms with Crippen LogP contribution < -0.4 is 0 Å². The monoisotopic (exact) mass is 271 g/mol. The lowest BCUT2D eigenvalue weighted by atomic mass is 10.1. The predicted molar refractivity (Wildman–Crippen MR) is 73.4 cm³/mol.